The van der Waals surface area contributed by atoms with Crippen LogP contribution in [-0.2, 0) is 9.19 Å². The van der Waals surface area contributed by atoms with Crippen LogP contribution in [0.5, 0.6) is 0 Å². The molecule has 11 heteroatoms. The number of amides is 2. The van der Waals surface area contributed by atoms with Crippen LogP contribution < -0.4 is 22.7 Å². The van der Waals surface area contributed by atoms with Gasteiger partial charge < -0.3 is 27.0 Å². The first-order valence-electron chi connectivity index (χ1n) is 2.54. The Bertz CT molecular complexity index is 219. The SMILES string of the molecule is N=C(N)NOP(=O)(O)O.NC(N)=O. The zero-order valence-corrected chi connectivity index (χ0v) is 7.19. The van der Waals surface area contributed by atoms with Crippen molar-refractivity contribution in [2.45, 2.75) is 0 Å². The van der Waals surface area contributed by atoms with E-state index in [0.29, 0.717) is 0 Å². The number of phosphoric acid groups is 1. The molecule has 0 radical (unpaired) electrons. The molecule has 78 valence electrons. The zero-order valence-electron chi connectivity index (χ0n) is 6.30. The normalized spacial score (nSPS) is 9.38. The van der Waals surface area contributed by atoms with E-state index < -0.39 is 19.8 Å². The van der Waals surface area contributed by atoms with E-state index in [-0.39, 0.29) is 0 Å². The fraction of sp³-hybridized carbons (Fsp3) is 0. The standard InChI is InChI=1S/CH6N3O4P.CH4N2O/c2-1(3)4-8-9(5,6)7;2-1(3)4/h(H4,2,3,4)(H2,5,6,7);(H4,2,3,4). The Hall–Kier alpha value is -1.35. The topological polar surface area (TPSA) is 198 Å². The van der Waals surface area contributed by atoms with E-state index in [2.05, 4.69) is 21.8 Å². The van der Waals surface area contributed by atoms with Crippen LogP contribution in [0.1, 0.15) is 0 Å². The third-order valence-corrected chi connectivity index (χ3v) is 0.604. The second-order valence-electron chi connectivity index (χ2n) is 1.50. The largest absolute Gasteiger partial charge is 0.491 e. The molecule has 2 amide bonds. The van der Waals surface area contributed by atoms with Gasteiger partial charge in [0.15, 0.2) is 0 Å². The molecule has 0 bridgehead atoms. The molecule has 0 rings (SSSR count). The van der Waals surface area contributed by atoms with Gasteiger partial charge in [-0.3, -0.25) is 5.41 Å². The lowest BCUT2D eigenvalue weighted by Gasteiger charge is -2.03. The summed E-state index contributed by atoms with van der Waals surface area (Å²) in [5, 5.41) is 6.37. The summed E-state index contributed by atoms with van der Waals surface area (Å²) in [6, 6.07) is -0.833. The van der Waals surface area contributed by atoms with Crippen molar-refractivity contribution in [3.63, 3.8) is 0 Å². The number of carbonyl (C=O) groups is 1. The summed E-state index contributed by atoms with van der Waals surface area (Å²) in [7, 11) is -4.55. The fourth-order valence-corrected chi connectivity index (χ4v) is 0.326. The summed E-state index contributed by atoms with van der Waals surface area (Å²) in [5.41, 5.74) is 14.6. The number of guanidine groups is 1. The summed E-state index contributed by atoms with van der Waals surface area (Å²) >= 11 is 0. The highest BCUT2D eigenvalue weighted by molar-refractivity contribution is 7.46. The summed E-state index contributed by atoms with van der Waals surface area (Å²) in [5.74, 6) is -0.668. The molecule has 0 aromatic rings. The van der Waals surface area contributed by atoms with Gasteiger partial charge in [-0.05, 0) is 0 Å². The maximum absolute atomic E-state index is 9.79. The number of hydroxylamine groups is 1. The third kappa shape index (κ3) is 36.9. The van der Waals surface area contributed by atoms with E-state index >= 15 is 0 Å². The minimum absolute atomic E-state index is 0.668. The molecule has 10 N–H and O–H groups in total. The maximum Gasteiger partial charge on any atom is 0.491 e. The lowest BCUT2D eigenvalue weighted by Crippen LogP contribution is -2.29. The fourth-order valence-electron chi connectivity index (χ4n) is 0.109. The first-order valence-corrected chi connectivity index (χ1v) is 4.07. The zero-order chi connectivity index (χ0) is 11.1. The monoisotopic (exact) mass is 215 g/mol. The van der Waals surface area contributed by atoms with Crippen LogP contribution in [0, 0.1) is 5.41 Å². The van der Waals surface area contributed by atoms with Crippen molar-refractivity contribution in [1.82, 2.24) is 5.48 Å². The van der Waals surface area contributed by atoms with Gasteiger partial charge >= 0.3 is 13.9 Å². The van der Waals surface area contributed by atoms with E-state index in [0.717, 1.165) is 0 Å². The van der Waals surface area contributed by atoms with Crippen LogP contribution >= 0.6 is 7.82 Å². The average molecular weight is 215 g/mol. The Morgan fingerprint density at radius 3 is 1.77 bits per heavy atom. The summed E-state index contributed by atoms with van der Waals surface area (Å²) < 4.78 is 13.4. The smallest absolute Gasteiger partial charge is 0.368 e. The number of urea groups is 1. The number of nitrogens with two attached hydrogens (primary N) is 3. The van der Waals surface area contributed by atoms with Crippen LogP contribution in [0.4, 0.5) is 4.79 Å². The molecular weight excluding hydrogens is 205 g/mol. The maximum atomic E-state index is 9.79. The van der Waals surface area contributed by atoms with Crippen LogP contribution in [0.25, 0.3) is 0 Å². The molecule has 10 nitrogen and oxygen atoms in total. The van der Waals surface area contributed by atoms with Gasteiger partial charge in [-0.2, -0.15) is 4.62 Å². The number of primary amides is 2. The van der Waals surface area contributed by atoms with Crippen molar-refractivity contribution >= 4 is 19.8 Å². The molecule has 0 aromatic carbocycles. The Balaban J connectivity index is 0. The molecule has 0 heterocycles. The van der Waals surface area contributed by atoms with Gasteiger partial charge in [0, 0.05) is 0 Å². The summed E-state index contributed by atoms with van der Waals surface area (Å²) in [6.45, 7) is 0. The Kier molecular flexibility index (Phi) is 6.76. The van der Waals surface area contributed by atoms with Gasteiger partial charge in [-0.25, -0.2) is 14.8 Å². The van der Waals surface area contributed by atoms with E-state index in [4.69, 9.17) is 20.0 Å². The molecule has 0 fully saturated rings. The van der Waals surface area contributed by atoms with Gasteiger partial charge in [0.1, 0.15) is 0 Å². The molecule has 13 heavy (non-hydrogen) atoms. The highest BCUT2D eigenvalue weighted by Gasteiger charge is 2.13. The molecule has 0 aliphatic carbocycles. The third-order valence-electron chi connectivity index (χ3n) is 0.275. The van der Waals surface area contributed by atoms with Crippen LogP contribution in [0.2, 0.25) is 0 Å². The molecule has 0 saturated carbocycles. The number of nitrogens with one attached hydrogen (secondary N) is 2. The van der Waals surface area contributed by atoms with Crippen LogP contribution in [-0.4, -0.2) is 21.8 Å². The van der Waals surface area contributed by atoms with Crippen LogP contribution in [0.15, 0.2) is 0 Å². The quantitative estimate of drug-likeness (QED) is 0.114. The van der Waals surface area contributed by atoms with Gasteiger partial charge in [-0.15, -0.1) is 0 Å². The van der Waals surface area contributed by atoms with Crippen molar-refractivity contribution in [2.24, 2.45) is 17.2 Å². The first kappa shape index (κ1) is 14.2. The summed E-state index contributed by atoms with van der Waals surface area (Å²) in [4.78, 5) is 24.9. The lowest BCUT2D eigenvalue weighted by atomic mass is 11.1. The van der Waals surface area contributed by atoms with Crippen molar-refractivity contribution < 1.29 is 23.8 Å². The Morgan fingerprint density at radius 2 is 1.69 bits per heavy atom. The van der Waals surface area contributed by atoms with Gasteiger partial charge in [0.2, 0.25) is 5.96 Å². The van der Waals surface area contributed by atoms with E-state index in [1.54, 1.807) is 0 Å². The molecule has 0 atom stereocenters. The average Bonchev–Trinajstić information content (AvgIpc) is 1.80. The number of carbonyl (C=O) groups excluding carboxylic acids is 1. The molecule has 0 unspecified atom stereocenters. The summed E-state index contributed by atoms with van der Waals surface area (Å²) in [6.07, 6.45) is 0. The second kappa shape index (κ2) is 6.20. The predicted molar refractivity (Wildman–Crippen MR) is 41.9 cm³/mol. The highest BCUT2D eigenvalue weighted by Crippen LogP contribution is 2.33. The van der Waals surface area contributed by atoms with Gasteiger partial charge in [0.05, 0.1) is 0 Å². The minimum atomic E-state index is -4.55. The second-order valence-corrected chi connectivity index (χ2v) is 2.66. The highest BCUT2D eigenvalue weighted by atomic mass is 31.2. The first-order chi connectivity index (χ1) is 5.65. The predicted octanol–water partition coefficient (Wildman–Crippen LogP) is -2.48. The Morgan fingerprint density at radius 1 is 1.38 bits per heavy atom. The van der Waals surface area contributed by atoms with E-state index in [1.807, 2.05) is 0 Å². The van der Waals surface area contributed by atoms with Crippen molar-refractivity contribution in [3.8, 4) is 0 Å². The number of hydrogen-bond donors (Lipinski definition) is 7. The van der Waals surface area contributed by atoms with Gasteiger partial charge in [-0.1, -0.05) is 0 Å². The van der Waals surface area contributed by atoms with Crippen LogP contribution in [0.3, 0.4) is 0 Å². The molecule has 0 aliphatic heterocycles. The molecule has 0 aromatic heterocycles. The molecule has 0 saturated heterocycles. The van der Waals surface area contributed by atoms with E-state index in [1.165, 1.54) is 5.48 Å². The van der Waals surface area contributed by atoms with Gasteiger partial charge in [0.25, 0.3) is 0 Å². The molecule has 0 spiro atoms. The lowest BCUT2D eigenvalue weighted by molar-refractivity contribution is 0.162. The molecular formula is C2H10N5O5P. The Labute approximate surface area is 72.7 Å². The van der Waals surface area contributed by atoms with Crippen molar-refractivity contribution in [2.75, 3.05) is 0 Å². The van der Waals surface area contributed by atoms with E-state index in [9.17, 15) is 4.57 Å². The number of hydrogen-bond acceptors (Lipinski definition) is 4. The van der Waals surface area contributed by atoms with Crippen molar-refractivity contribution in [3.05, 3.63) is 0 Å². The molecule has 0 aliphatic rings. The number of rotatable bonds is 2. The minimum Gasteiger partial charge on any atom is -0.368 e. The van der Waals surface area contributed by atoms with Crippen molar-refractivity contribution in [1.29, 1.82) is 5.41 Å².